The third kappa shape index (κ3) is 2.76. The second kappa shape index (κ2) is 5.34. The second-order valence-electron chi connectivity index (χ2n) is 4.13. The molecule has 1 amide bonds. The zero-order valence-electron chi connectivity index (χ0n) is 9.49. The van der Waals surface area contributed by atoms with Crippen LogP contribution in [0.15, 0.2) is 12.1 Å². The summed E-state index contributed by atoms with van der Waals surface area (Å²) in [5.41, 5.74) is 0. The Hall–Kier alpha value is -1.03. The summed E-state index contributed by atoms with van der Waals surface area (Å²) in [4.78, 5) is 12.6. The van der Waals surface area contributed by atoms with Gasteiger partial charge in [-0.3, -0.25) is 4.79 Å². The first kappa shape index (κ1) is 11.5. The molecule has 1 aromatic heterocycles. The number of amides is 1. The van der Waals surface area contributed by atoms with Gasteiger partial charge in [0.2, 0.25) is 0 Å². The van der Waals surface area contributed by atoms with Gasteiger partial charge in [0, 0.05) is 6.04 Å². The maximum atomic E-state index is 11.9. The van der Waals surface area contributed by atoms with Crippen molar-refractivity contribution in [1.29, 1.82) is 0 Å². The van der Waals surface area contributed by atoms with E-state index in [0.29, 0.717) is 6.04 Å². The molecule has 1 fully saturated rings. The molecule has 3 nitrogen and oxygen atoms in total. The minimum absolute atomic E-state index is 0.0419. The topological polar surface area (TPSA) is 38.3 Å². The van der Waals surface area contributed by atoms with Gasteiger partial charge in [-0.2, -0.15) is 0 Å². The van der Waals surface area contributed by atoms with E-state index >= 15 is 0 Å². The van der Waals surface area contributed by atoms with Crippen LogP contribution in [0.1, 0.15) is 41.8 Å². The van der Waals surface area contributed by atoms with Crippen molar-refractivity contribution >= 4 is 17.2 Å². The van der Waals surface area contributed by atoms with E-state index in [1.165, 1.54) is 30.6 Å². The Balaban J connectivity index is 1.91. The van der Waals surface area contributed by atoms with Crippen molar-refractivity contribution in [1.82, 2.24) is 5.32 Å². The van der Waals surface area contributed by atoms with Crippen molar-refractivity contribution in [2.24, 2.45) is 0 Å². The Morgan fingerprint density at radius 2 is 2.12 bits per heavy atom. The first-order valence-corrected chi connectivity index (χ1v) is 6.56. The van der Waals surface area contributed by atoms with Crippen molar-refractivity contribution < 1.29 is 9.53 Å². The average Bonchev–Trinajstić information content (AvgIpc) is 2.79. The Labute approximate surface area is 99.8 Å². The summed E-state index contributed by atoms with van der Waals surface area (Å²) in [5, 5.41) is 3.87. The van der Waals surface area contributed by atoms with Crippen molar-refractivity contribution in [3.63, 3.8) is 0 Å². The normalized spacial score (nSPS) is 17.1. The van der Waals surface area contributed by atoms with E-state index in [2.05, 4.69) is 5.32 Å². The van der Waals surface area contributed by atoms with Crippen LogP contribution in [0.5, 0.6) is 5.06 Å². The van der Waals surface area contributed by atoms with Gasteiger partial charge in [-0.05, 0) is 25.0 Å². The number of thiophene rings is 1. The summed E-state index contributed by atoms with van der Waals surface area (Å²) in [5.74, 6) is 0.0419. The molecular formula is C12H17NO2S. The first-order valence-electron chi connectivity index (χ1n) is 5.74. The number of ether oxygens (including phenoxy) is 1. The lowest BCUT2D eigenvalue weighted by atomic mass is 9.95. The van der Waals surface area contributed by atoms with Gasteiger partial charge in [-0.1, -0.05) is 30.6 Å². The third-order valence-corrected chi connectivity index (χ3v) is 3.99. The van der Waals surface area contributed by atoms with Gasteiger partial charge >= 0.3 is 0 Å². The first-order chi connectivity index (χ1) is 7.79. The van der Waals surface area contributed by atoms with E-state index in [-0.39, 0.29) is 5.91 Å². The minimum atomic E-state index is 0.0419. The fraction of sp³-hybridized carbons (Fsp3) is 0.583. The Bertz CT molecular complexity index is 356. The Morgan fingerprint density at radius 1 is 1.38 bits per heavy atom. The van der Waals surface area contributed by atoms with Gasteiger partial charge in [-0.15, -0.1) is 0 Å². The molecule has 0 unspecified atom stereocenters. The molecule has 4 heteroatoms. The third-order valence-electron chi connectivity index (χ3n) is 2.95. The van der Waals surface area contributed by atoms with Crippen molar-refractivity contribution in [2.75, 3.05) is 7.11 Å². The molecule has 2 rings (SSSR count). The van der Waals surface area contributed by atoms with Crippen LogP contribution in [0.3, 0.4) is 0 Å². The SMILES string of the molecule is COc1ccc(C(=O)NC2CCCCC2)s1. The van der Waals surface area contributed by atoms with E-state index in [0.717, 1.165) is 22.8 Å². The molecule has 0 bridgehead atoms. The van der Waals surface area contributed by atoms with Crippen LogP contribution in [-0.4, -0.2) is 19.1 Å². The molecule has 1 heterocycles. The predicted molar refractivity (Wildman–Crippen MR) is 65.2 cm³/mol. The van der Waals surface area contributed by atoms with Gasteiger partial charge in [-0.25, -0.2) is 0 Å². The van der Waals surface area contributed by atoms with Crippen LogP contribution in [0, 0.1) is 0 Å². The standard InChI is InChI=1S/C12H17NO2S/c1-15-11-8-7-10(16-11)12(14)13-9-5-3-2-4-6-9/h7-9H,2-6H2,1H3,(H,13,14). The number of carbonyl (C=O) groups is 1. The van der Waals surface area contributed by atoms with Crippen molar-refractivity contribution in [3.05, 3.63) is 17.0 Å². The van der Waals surface area contributed by atoms with Gasteiger partial charge in [0.25, 0.3) is 5.91 Å². The lowest BCUT2D eigenvalue weighted by Gasteiger charge is -2.22. The molecule has 0 aromatic carbocycles. The van der Waals surface area contributed by atoms with E-state index in [9.17, 15) is 4.79 Å². The van der Waals surface area contributed by atoms with Crippen LogP contribution in [-0.2, 0) is 0 Å². The van der Waals surface area contributed by atoms with Crippen LogP contribution in [0.4, 0.5) is 0 Å². The molecule has 0 saturated heterocycles. The molecule has 0 radical (unpaired) electrons. The smallest absolute Gasteiger partial charge is 0.261 e. The summed E-state index contributed by atoms with van der Waals surface area (Å²) in [6, 6.07) is 4.02. The molecule has 0 spiro atoms. The number of rotatable bonds is 3. The average molecular weight is 239 g/mol. The van der Waals surface area contributed by atoms with Crippen LogP contribution >= 0.6 is 11.3 Å². The lowest BCUT2D eigenvalue weighted by Crippen LogP contribution is -2.35. The predicted octanol–water partition coefficient (Wildman–Crippen LogP) is 2.82. The van der Waals surface area contributed by atoms with E-state index in [4.69, 9.17) is 4.74 Å². The molecule has 0 atom stereocenters. The molecule has 1 aliphatic carbocycles. The fourth-order valence-corrected chi connectivity index (χ4v) is 2.78. The fourth-order valence-electron chi connectivity index (χ4n) is 2.06. The summed E-state index contributed by atoms with van der Waals surface area (Å²) in [6.07, 6.45) is 6.01. The summed E-state index contributed by atoms with van der Waals surface area (Å²) in [6.45, 7) is 0. The number of carbonyl (C=O) groups excluding carboxylic acids is 1. The van der Waals surface area contributed by atoms with E-state index in [1.54, 1.807) is 7.11 Å². The molecule has 1 saturated carbocycles. The molecule has 1 N–H and O–H groups in total. The molecule has 88 valence electrons. The van der Waals surface area contributed by atoms with E-state index < -0.39 is 0 Å². The Morgan fingerprint density at radius 3 is 2.75 bits per heavy atom. The van der Waals surface area contributed by atoms with Crippen LogP contribution in [0.25, 0.3) is 0 Å². The quantitative estimate of drug-likeness (QED) is 0.880. The van der Waals surface area contributed by atoms with Gasteiger partial charge < -0.3 is 10.1 Å². The van der Waals surface area contributed by atoms with Crippen molar-refractivity contribution in [2.45, 2.75) is 38.1 Å². The maximum Gasteiger partial charge on any atom is 0.261 e. The zero-order valence-corrected chi connectivity index (χ0v) is 10.3. The lowest BCUT2D eigenvalue weighted by molar-refractivity contribution is 0.0932. The highest BCUT2D eigenvalue weighted by Crippen LogP contribution is 2.24. The van der Waals surface area contributed by atoms with Gasteiger partial charge in [0.15, 0.2) is 5.06 Å². The molecule has 0 aliphatic heterocycles. The van der Waals surface area contributed by atoms with Crippen LogP contribution in [0.2, 0.25) is 0 Å². The summed E-state index contributed by atoms with van der Waals surface area (Å²) in [7, 11) is 1.62. The largest absolute Gasteiger partial charge is 0.487 e. The molecular weight excluding hydrogens is 222 g/mol. The van der Waals surface area contributed by atoms with E-state index in [1.807, 2.05) is 12.1 Å². The maximum absolute atomic E-state index is 11.9. The molecule has 1 aromatic rings. The van der Waals surface area contributed by atoms with Crippen LogP contribution < -0.4 is 10.1 Å². The Kier molecular flexibility index (Phi) is 3.83. The number of nitrogens with one attached hydrogen (secondary N) is 1. The number of hydrogen-bond donors (Lipinski definition) is 1. The van der Waals surface area contributed by atoms with Crippen molar-refractivity contribution in [3.8, 4) is 5.06 Å². The monoisotopic (exact) mass is 239 g/mol. The number of methoxy groups -OCH3 is 1. The summed E-state index contributed by atoms with van der Waals surface area (Å²) < 4.78 is 5.07. The highest BCUT2D eigenvalue weighted by Gasteiger charge is 2.17. The number of hydrogen-bond acceptors (Lipinski definition) is 3. The zero-order chi connectivity index (χ0) is 11.4. The molecule has 16 heavy (non-hydrogen) atoms. The minimum Gasteiger partial charge on any atom is -0.487 e. The van der Waals surface area contributed by atoms with Gasteiger partial charge in [0.05, 0.1) is 12.0 Å². The highest BCUT2D eigenvalue weighted by molar-refractivity contribution is 7.15. The highest BCUT2D eigenvalue weighted by atomic mass is 32.1. The molecule has 1 aliphatic rings. The van der Waals surface area contributed by atoms with Gasteiger partial charge in [0.1, 0.15) is 0 Å². The second-order valence-corrected chi connectivity index (χ2v) is 5.18. The summed E-state index contributed by atoms with van der Waals surface area (Å²) >= 11 is 1.40.